The monoisotopic (exact) mass is 382 g/mol. The van der Waals surface area contributed by atoms with Gasteiger partial charge in [0.2, 0.25) is 0 Å². The maximum absolute atomic E-state index is 14.5. The van der Waals surface area contributed by atoms with Gasteiger partial charge < -0.3 is 4.90 Å². The summed E-state index contributed by atoms with van der Waals surface area (Å²) in [5.41, 5.74) is 2.83. The van der Waals surface area contributed by atoms with Crippen LogP contribution in [0.3, 0.4) is 0 Å². The van der Waals surface area contributed by atoms with Crippen LogP contribution in [0.1, 0.15) is 23.2 Å². The third kappa shape index (κ3) is 3.37. The first kappa shape index (κ1) is 18.2. The number of hydrogen-bond donors (Lipinski definition) is 1. The maximum Gasteiger partial charge on any atom is 0.132 e. The maximum atomic E-state index is 14.5. The molecule has 4 rings (SSSR count). The molecule has 0 saturated carbocycles. The third-order valence-electron chi connectivity index (χ3n) is 4.96. The quantitative estimate of drug-likeness (QED) is 0.703. The predicted molar refractivity (Wildman–Crippen MR) is 103 cm³/mol. The summed E-state index contributed by atoms with van der Waals surface area (Å²) in [5, 5.41) is 12.7. The predicted octanol–water partition coefficient (Wildman–Crippen LogP) is 3.29. The molecule has 1 aliphatic heterocycles. The molecule has 0 bridgehead atoms. The summed E-state index contributed by atoms with van der Waals surface area (Å²) in [6, 6.07) is 4.76. The van der Waals surface area contributed by atoms with Crippen LogP contribution in [0.5, 0.6) is 0 Å². The molecule has 1 N–H and O–H groups in total. The molecule has 8 heteroatoms. The lowest BCUT2D eigenvalue weighted by atomic mass is 9.96. The van der Waals surface area contributed by atoms with Crippen molar-refractivity contribution < 1.29 is 8.78 Å². The first-order valence-electron chi connectivity index (χ1n) is 9.02. The summed E-state index contributed by atoms with van der Waals surface area (Å²) in [6.45, 7) is 2.65. The molecule has 1 aromatic carbocycles. The van der Waals surface area contributed by atoms with Crippen LogP contribution in [0, 0.1) is 18.2 Å². The van der Waals surface area contributed by atoms with Gasteiger partial charge in [-0.05, 0) is 31.0 Å². The van der Waals surface area contributed by atoms with E-state index in [1.54, 1.807) is 43.2 Å². The van der Waals surface area contributed by atoms with Gasteiger partial charge in [-0.2, -0.15) is 5.10 Å². The van der Waals surface area contributed by atoms with E-state index in [9.17, 15) is 8.78 Å². The number of hydrogen-bond acceptors (Lipinski definition) is 5. The van der Waals surface area contributed by atoms with E-state index in [1.165, 1.54) is 12.4 Å². The molecule has 6 nitrogen and oxygen atoms in total. The number of alkyl halides is 1. The number of nitrogens with one attached hydrogen (secondary N) is 1. The second-order valence-corrected chi connectivity index (χ2v) is 7.02. The second-order valence-electron chi connectivity index (χ2n) is 7.02. The molecular formula is C20H20F2N6. The summed E-state index contributed by atoms with van der Waals surface area (Å²) >= 11 is 0. The number of anilines is 1. The van der Waals surface area contributed by atoms with Gasteiger partial charge in [-0.25, -0.2) is 18.7 Å². The molecule has 1 atom stereocenters. The molecule has 3 heterocycles. The summed E-state index contributed by atoms with van der Waals surface area (Å²) in [7, 11) is 1.77. The van der Waals surface area contributed by atoms with Crippen LogP contribution >= 0.6 is 0 Å². The zero-order valence-electron chi connectivity index (χ0n) is 15.7. The summed E-state index contributed by atoms with van der Waals surface area (Å²) < 4.78 is 29.6. The SMILES string of the molecule is Cc1cc(F)c(-c2cnn(C)c2)cc1C(=N)c1cc(N2CC[C@H](F)C2)ncn1. The van der Waals surface area contributed by atoms with Gasteiger partial charge in [0.15, 0.2) is 0 Å². The fraction of sp³-hybridized carbons (Fsp3) is 0.300. The van der Waals surface area contributed by atoms with E-state index in [-0.39, 0.29) is 11.5 Å². The highest BCUT2D eigenvalue weighted by molar-refractivity contribution is 6.11. The molecule has 0 amide bonds. The number of aryl methyl sites for hydroxylation is 2. The molecule has 1 fully saturated rings. The minimum absolute atomic E-state index is 0.169. The van der Waals surface area contributed by atoms with Gasteiger partial charge in [0.1, 0.15) is 24.1 Å². The van der Waals surface area contributed by atoms with Crippen LogP contribution in [0.2, 0.25) is 0 Å². The Kier molecular flexibility index (Phi) is 4.62. The minimum Gasteiger partial charge on any atom is -0.353 e. The van der Waals surface area contributed by atoms with Crippen LogP contribution in [-0.2, 0) is 7.05 Å². The molecule has 144 valence electrons. The van der Waals surface area contributed by atoms with Gasteiger partial charge >= 0.3 is 0 Å². The Morgan fingerprint density at radius 2 is 2.07 bits per heavy atom. The average molecular weight is 382 g/mol. The van der Waals surface area contributed by atoms with E-state index in [2.05, 4.69) is 15.1 Å². The van der Waals surface area contributed by atoms with Crippen molar-refractivity contribution >= 4 is 11.5 Å². The molecule has 1 aliphatic rings. The molecule has 0 unspecified atom stereocenters. The van der Waals surface area contributed by atoms with Gasteiger partial charge in [0, 0.05) is 42.5 Å². The number of nitrogens with zero attached hydrogens (tertiary/aromatic N) is 5. The fourth-order valence-corrected chi connectivity index (χ4v) is 3.44. The number of aromatic nitrogens is 4. The molecule has 0 spiro atoms. The van der Waals surface area contributed by atoms with Crippen molar-refractivity contribution in [2.24, 2.45) is 7.05 Å². The lowest BCUT2D eigenvalue weighted by molar-refractivity contribution is 0.364. The van der Waals surface area contributed by atoms with Gasteiger partial charge in [0.25, 0.3) is 0 Å². The van der Waals surface area contributed by atoms with Crippen molar-refractivity contribution in [1.29, 1.82) is 5.41 Å². The van der Waals surface area contributed by atoms with Crippen molar-refractivity contribution in [3.8, 4) is 11.1 Å². The van der Waals surface area contributed by atoms with Gasteiger partial charge in [-0.1, -0.05) is 0 Å². The molecular weight excluding hydrogens is 362 g/mol. The Balaban J connectivity index is 1.70. The van der Waals surface area contributed by atoms with Crippen molar-refractivity contribution in [3.05, 3.63) is 59.6 Å². The van der Waals surface area contributed by atoms with E-state index in [0.29, 0.717) is 53.3 Å². The highest BCUT2D eigenvalue weighted by Gasteiger charge is 2.24. The molecule has 1 saturated heterocycles. The fourth-order valence-electron chi connectivity index (χ4n) is 3.44. The third-order valence-corrected chi connectivity index (χ3v) is 4.96. The Morgan fingerprint density at radius 3 is 2.75 bits per heavy atom. The highest BCUT2D eigenvalue weighted by Crippen LogP contribution is 2.27. The average Bonchev–Trinajstić information content (AvgIpc) is 3.30. The van der Waals surface area contributed by atoms with Crippen molar-refractivity contribution in [2.45, 2.75) is 19.5 Å². The minimum atomic E-state index is -0.862. The molecule has 0 aliphatic carbocycles. The van der Waals surface area contributed by atoms with Crippen molar-refractivity contribution in [1.82, 2.24) is 19.7 Å². The normalized spacial score (nSPS) is 16.6. The number of halogens is 2. The van der Waals surface area contributed by atoms with Crippen LogP contribution in [-0.4, -0.2) is 44.7 Å². The molecule has 3 aromatic rings. The lowest BCUT2D eigenvalue weighted by Crippen LogP contribution is -2.22. The Hall–Kier alpha value is -3.16. The molecule has 28 heavy (non-hydrogen) atoms. The summed E-state index contributed by atoms with van der Waals surface area (Å²) in [4.78, 5) is 10.3. The second kappa shape index (κ2) is 7.10. The van der Waals surface area contributed by atoms with E-state index >= 15 is 0 Å². The van der Waals surface area contributed by atoms with Gasteiger partial charge in [0.05, 0.1) is 24.1 Å². The van der Waals surface area contributed by atoms with E-state index in [1.807, 2.05) is 4.90 Å². The Labute approximate surface area is 161 Å². The number of rotatable bonds is 4. The first-order chi connectivity index (χ1) is 13.4. The van der Waals surface area contributed by atoms with Crippen LogP contribution in [0.4, 0.5) is 14.6 Å². The van der Waals surface area contributed by atoms with Crippen LogP contribution < -0.4 is 4.90 Å². The molecule has 2 aromatic heterocycles. The zero-order valence-corrected chi connectivity index (χ0v) is 15.7. The Morgan fingerprint density at radius 1 is 1.25 bits per heavy atom. The topological polar surface area (TPSA) is 70.7 Å². The standard InChI is InChI=1S/C20H20F2N6/c1-12-5-17(22)16(13-8-26-27(2)9-13)6-15(12)20(23)18-7-19(25-11-24-18)28-4-3-14(21)10-28/h5-9,11,14,23H,3-4,10H2,1-2H3/t14-/m0/s1. The number of benzene rings is 1. The largest absolute Gasteiger partial charge is 0.353 e. The van der Waals surface area contributed by atoms with Gasteiger partial charge in [-0.15, -0.1) is 0 Å². The van der Waals surface area contributed by atoms with E-state index in [0.717, 1.165) is 0 Å². The lowest BCUT2D eigenvalue weighted by Gasteiger charge is -2.17. The summed E-state index contributed by atoms with van der Waals surface area (Å²) in [6.07, 6.45) is 4.31. The van der Waals surface area contributed by atoms with Crippen LogP contribution in [0.15, 0.2) is 36.9 Å². The Bertz CT molecular complexity index is 1040. The van der Waals surface area contributed by atoms with Crippen molar-refractivity contribution in [3.63, 3.8) is 0 Å². The van der Waals surface area contributed by atoms with E-state index in [4.69, 9.17) is 5.41 Å². The zero-order chi connectivity index (χ0) is 19.8. The van der Waals surface area contributed by atoms with E-state index < -0.39 is 6.17 Å². The summed E-state index contributed by atoms with van der Waals surface area (Å²) in [5.74, 6) is 0.235. The van der Waals surface area contributed by atoms with Crippen LogP contribution in [0.25, 0.3) is 11.1 Å². The van der Waals surface area contributed by atoms with Gasteiger partial charge in [-0.3, -0.25) is 10.1 Å². The smallest absolute Gasteiger partial charge is 0.132 e. The van der Waals surface area contributed by atoms with Crippen molar-refractivity contribution in [2.75, 3.05) is 18.0 Å². The first-order valence-corrected chi connectivity index (χ1v) is 9.02. The highest BCUT2D eigenvalue weighted by atomic mass is 19.1. The molecule has 0 radical (unpaired) electrons.